The lowest BCUT2D eigenvalue weighted by atomic mass is 9.84. The molecule has 0 unspecified atom stereocenters. The molecule has 0 aromatic carbocycles. The van der Waals surface area contributed by atoms with E-state index in [-0.39, 0.29) is 18.1 Å². The first-order valence-electron chi connectivity index (χ1n) is 9.31. The molecular formula is C20H26N2O4. The van der Waals surface area contributed by atoms with E-state index in [0.717, 1.165) is 31.8 Å². The molecular weight excluding hydrogens is 332 g/mol. The van der Waals surface area contributed by atoms with Gasteiger partial charge in [0.2, 0.25) is 0 Å². The third kappa shape index (κ3) is 3.31. The van der Waals surface area contributed by atoms with Gasteiger partial charge in [-0.15, -0.1) is 0 Å². The number of piperidine rings is 1. The fourth-order valence-electron chi connectivity index (χ4n) is 4.27. The Labute approximate surface area is 153 Å². The molecule has 2 aliphatic heterocycles. The molecule has 2 fully saturated rings. The second-order valence-corrected chi connectivity index (χ2v) is 7.40. The van der Waals surface area contributed by atoms with E-state index in [2.05, 4.69) is 11.9 Å². The van der Waals surface area contributed by atoms with E-state index in [1.54, 1.807) is 18.6 Å². The minimum atomic E-state index is 0.0525. The molecule has 2 saturated heterocycles. The molecule has 0 aliphatic carbocycles. The van der Waals surface area contributed by atoms with Gasteiger partial charge in [0.15, 0.2) is 0 Å². The summed E-state index contributed by atoms with van der Waals surface area (Å²) in [7, 11) is 2.08. The smallest absolute Gasteiger partial charge is 0.257 e. The Morgan fingerprint density at radius 3 is 2.88 bits per heavy atom. The van der Waals surface area contributed by atoms with Gasteiger partial charge in [-0.2, -0.15) is 0 Å². The molecule has 0 radical (unpaired) electrons. The molecule has 140 valence electrons. The SMILES string of the molecule is Cc1occc1C(=O)N1C[C@@H]2CCCO[C@@H]2[C@H](N(C)Cc2ccco2)C1. The lowest BCUT2D eigenvalue weighted by Gasteiger charge is -2.48. The summed E-state index contributed by atoms with van der Waals surface area (Å²) < 4.78 is 17.0. The van der Waals surface area contributed by atoms with Crippen LogP contribution in [0.1, 0.15) is 34.7 Å². The van der Waals surface area contributed by atoms with Crippen LogP contribution in [0.25, 0.3) is 0 Å². The Bertz CT molecular complexity index is 739. The molecule has 2 aromatic rings. The summed E-state index contributed by atoms with van der Waals surface area (Å²) in [5.74, 6) is 2.03. The van der Waals surface area contributed by atoms with E-state index in [1.165, 1.54) is 0 Å². The van der Waals surface area contributed by atoms with E-state index in [1.807, 2.05) is 24.0 Å². The fourth-order valence-corrected chi connectivity index (χ4v) is 4.27. The second-order valence-electron chi connectivity index (χ2n) is 7.40. The Morgan fingerprint density at radius 2 is 2.15 bits per heavy atom. The number of ether oxygens (including phenoxy) is 1. The zero-order valence-corrected chi connectivity index (χ0v) is 15.4. The number of amides is 1. The predicted molar refractivity (Wildman–Crippen MR) is 95.8 cm³/mol. The predicted octanol–water partition coefficient (Wildman–Crippen LogP) is 2.93. The van der Waals surface area contributed by atoms with Gasteiger partial charge in [0.1, 0.15) is 11.5 Å². The standard InChI is InChI=1S/C20H26N2O4/c1-14-17(7-10-24-14)20(23)22-11-15-5-3-9-26-19(15)18(13-22)21(2)12-16-6-4-8-25-16/h4,6-8,10,15,18-19H,3,5,9,11-13H2,1-2H3/t15-,18+,19-/m0/s1. The molecule has 6 heteroatoms. The van der Waals surface area contributed by atoms with Crippen molar-refractivity contribution in [1.82, 2.24) is 9.80 Å². The molecule has 0 spiro atoms. The number of aryl methyl sites for hydroxylation is 1. The number of rotatable bonds is 4. The number of hydrogen-bond acceptors (Lipinski definition) is 5. The minimum absolute atomic E-state index is 0.0525. The lowest BCUT2D eigenvalue weighted by Crippen LogP contribution is -2.61. The van der Waals surface area contributed by atoms with Crippen molar-refractivity contribution >= 4 is 5.91 Å². The number of nitrogens with zero attached hydrogens (tertiary/aromatic N) is 2. The minimum Gasteiger partial charge on any atom is -0.469 e. The summed E-state index contributed by atoms with van der Waals surface area (Å²) in [4.78, 5) is 17.3. The van der Waals surface area contributed by atoms with Crippen LogP contribution >= 0.6 is 0 Å². The van der Waals surface area contributed by atoms with Crippen LogP contribution in [0, 0.1) is 12.8 Å². The Balaban J connectivity index is 1.54. The van der Waals surface area contributed by atoms with Crippen LogP contribution in [0.15, 0.2) is 39.6 Å². The van der Waals surface area contributed by atoms with Crippen molar-refractivity contribution in [3.05, 3.63) is 47.8 Å². The van der Waals surface area contributed by atoms with E-state index < -0.39 is 0 Å². The van der Waals surface area contributed by atoms with Gasteiger partial charge in [-0.05, 0) is 45.0 Å². The largest absolute Gasteiger partial charge is 0.469 e. The van der Waals surface area contributed by atoms with Crippen molar-refractivity contribution in [2.75, 3.05) is 26.7 Å². The molecule has 4 heterocycles. The maximum absolute atomic E-state index is 13.0. The van der Waals surface area contributed by atoms with Crippen molar-refractivity contribution in [2.24, 2.45) is 5.92 Å². The maximum atomic E-state index is 13.0. The van der Waals surface area contributed by atoms with Gasteiger partial charge < -0.3 is 18.5 Å². The lowest BCUT2D eigenvalue weighted by molar-refractivity contribution is -0.106. The zero-order chi connectivity index (χ0) is 18.1. The van der Waals surface area contributed by atoms with Crippen LogP contribution in [0.4, 0.5) is 0 Å². The van der Waals surface area contributed by atoms with Gasteiger partial charge in [0.05, 0.1) is 36.8 Å². The molecule has 2 aromatic heterocycles. The number of carbonyl (C=O) groups is 1. The van der Waals surface area contributed by atoms with Crippen LogP contribution in [0.5, 0.6) is 0 Å². The third-order valence-corrected chi connectivity index (χ3v) is 5.66. The second kappa shape index (κ2) is 7.29. The first-order chi connectivity index (χ1) is 12.6. The van der Waals surface area contributed by atoms with Crippen LogP contribution in [-0.4, -0.2) is 54.6 Å². The van der Waals surface area contributed by atoms with Crippen LogP contribution < -0.4 is 0 Å². The molecule has 6 nitrogen and oxygen atoms in total. The molecule has 1 amide bonds. The summed E-state index contributed by atoms with van der Waals surface area (Å²) in [5, 5.41) is 0. The monoisotopic (exact) mass is 358 g/mol. The van der Waals surface area contributed by atoms with Crippen LogP contribution in [-0.2, 0) is 11.3 Å². The van der Waals surface area contributed by atoms with Crippen LogP contribution in [0.2, 0.25) is 0 Å². The summed E-state index contributed by atoms with van der Waals surface area (Å²) in [5.41, 5.74) is 0.660. The summed E-state index contributed by atoms with van der Waals surface area (Å²) in [6.07, 6.45) is 5.60. The van der Waals surface area contributed by atoms with Crippen molar-refractivity contribution in [2.45, 2.75) is 38.5 Å². The first kappa shape index (κ1) is 17.4. The molecule has 3 atom stereocenters. The van der Waals surface area contributed by atoms with Gasteiger partial charge >= 0.3 is 0 Å². The highest BCUT2D eigenvalue weighted by atomic mass is 16.5. The average Bonchev–Trinajstić information content (AvgIpc) is 3.31. The summed E-state index contributed by atoms with van der Waals surface area (Å²) in [6, 6.07) is 5.80. The highest BCUT2D eigenvalue weighted by Gasteiger charge is 2.42. The van der Waals surface area contributed by atoms with Gasteiger partial charge in [0, 0.05) is 25.6 Å². The average molecular weight is 358 g/mol. The molecule has 0 N–H and O–H groups in total. The van der Waals surface area contributed by atoms with E-state index in [9.17, 15) is 4.79 Å². The summed E-state index contributed by atoms with van der Waals surface area (Å²) in [6.45, 7) is 4.75. The number of likely N-dealkylation sites (N-methyl/N-ethyl adjacent to an activating group) is 1. The Hall–Kier alpha value is -2.05. The Morgan fingerprint density at radius 1 is 1.27 bits per heavy atom. The van der Waals surface area contributed by atoms with E-state index in [4.69, 9.17) is 13.6 Å². The van der Waals surface area contributed by atoms with Crippen molar-refractivity contribution in [3.8, 4) is 0 Å². The number of likely N-dealkylation sites (tertiary alicyclic amines) is 1. The van der Waals surface area contributed by atoms with Gasteiger partial charge in [-0.1, -0.05) is 0 Å². The maximum Gasteiger partial charge on any atom is 0.257 e. The number of fused-ring (bicyclic) bond motifs is 1. The fraction of sp³-hybridized carbons (Fsp3) is 0.550. The molecule has 26 heavy (non-hydrogen) atoms. The van der Waals surface area contributed by atoms with Gasteiger partial charge in [-0.25, -0.2) is 0 Å². The highest BCUT2D eigenvalue weighted by Crippen LogP contribution is 2.32. The molecule has 0 saturated carbocycles. The highest BCUT2D eigenvalue weighted by molar-refractivity contribution is 5.95. The van der Waals surface area contributed by atoms with Gasteiger partial charge in [0.25, 0.3) is 5.91 Å². The molecule has 0 bridgehead atoms. The number of carbonyl (C=O) groups excluding carboxylic acids is 1. The van der Waals surface area contributed by atoms with Gasteiger partial charge in [-0.3, -0.25) is 9.69 Å². The van der Waals surface area contributed by atoms with Crippen molar-refractivity contribution in [3.63, 3.8) is 0 Å². The summed E-state index contributed by atoms with van der Waals surface area (Å²) >= 11 is 0. The quantitative estimate of drug-likeness (QED) is 0.841. The Kier molecular flexibility index (Phi) is 4.87. The van der Waals surface area contributed by atoms with E-state index >= 15 is 0 Å². The topological polar surface area (TPSA) is 59.1 Å². The van der Waals surface area contributed by atoms with Crippen LogP contribution in [0.3, 0.4) is 0 Å². The third-order valence-electron chi connectivity index (χ3n) is 5.66. The zero-order valence-electron chi connectivity index (χ0n) is 15.4. The van der Waals surface area contributed by atoms with Crippen molar-refractivity contribution < 1.29 is 18.4 Å². The molecule has 4 rings (SSSR count). The number of hydrogen-bond donors (Lipinski definition) is 0. The first-order valence-corrected chi connectivity index (χ1v) is 9.31. The van der Waals surface area contributed by atoms with E-state index in [0.29, 0.717) is 30.3 Å². The van der Waals surface area contributed by atoms with Crippen molar-refractivity contribution in [1.29, 1.82) is 0 Å². The molecule has 2 aliphatic rings. The number of furan rings is 2. The normalized spacial score (nSPS) is 26.1.